The van der Waals surface area contributed by atoms with Crippen LogP contribution in [0.15, 0.2) is 29.4 Å². The Kier molecular flexibility index (Phi) is 4.75. The third-order valence-corrected chi connectivity index (χ3v) is 4.48. The second kappa shape index (κ2) is 6.66. The first-order valence-electron chi connectivity index (χ1n) is 7.73. The van der Waals surface area contributed by atoms with Crippen molar-refractivity contribution in [2.24, 2.45) is 5.16 Å². The van der Waals surface area contributed by atoms with Gasteiger partial charge in [-0.2, -0.15) is 0 Å². The van der Waals surface area contributed by atoms with E-state index < -0.39 is 36.8 Å². The van der Waals surface area contributed by atoms with Gasteiger partial charge in [0.05, 0.1) is 19.4 Å². The van der Waals surface area contributed by atoms with E-state index in [4.69, 9.17) is 14.3 Å². The van der Waals surface area contributed by atoms with Crippen LogP contribution in [0.5, 0.6) is 5.75 Å². The van der Waals surface area contributed by atoms with Gasteiger partial charge >= 0.3 is 0 Å². The molecule has 8 nitrogen and oxygen atoms in total. The molecule has 1 aromatic rings. The Morgan fingerprint density at radius 1 is 1.21 bits per heavy atom. The molecule has 1 saturated heterocycles. The van der Waals surface area contributed by atoms with Crippen LogP contribution in [0.2, 0.25) is 0 Å². The van der Waals surface area contributed by atoms with Gasteiger partial charge in [0, 0.05) is 12.8 Å². The number of ether oxygens (including phenoxy) is 2. The third kappa shape index (κ3) is 2.87. The van der Waals surface area contributed by atoms with Crippen molar-refractivity contribution in [3.8, 4) is 5.75 Å². The topological polar surface area (TPSA) is 121 Å². The number of aliphatic hydroxyl groups is 4. The molecule has 0 bridgehead atoms. The molecule has 0 saturated carbocycles. The molecule has 24 heavy (non-hydrogen) atoms. The van der Waals surface area contributed by atoms with Crippen LogP contribution in [0.1, 0.15) is 18.4 Å². The summed E-state index contributed by atoms with van der Waals surface area (Å²) in [6, 6.07) is 7.28. The zero-order valence-corrected chi connectivity index (χ0v) is 13.2. The molecule has 2 aliphatic heterocycles. The van der Waals surface area contributed by atoms with Crippen LogP contribution < -0.4 is 4.74 Å². The number of benzene rings is 1. The van der Waals surface area contributed by atoms with E-state index in [1.54, 1.807) is 19.2 Å². The zero-order valence-electron chi connectivity index (χ0n) is 13.2. The van der Waals surface area contributed by atoms with E-state index in [0.717, 1.165) is 11.3 Å². The maximum atomic E-state index is 10.2. The molecule has 1 aromatic carbocycles. The van der Waals surface area contributed by atoms with Crippen LogP contribution in [-0.4, -0.2) is 70.1 Å². The highest BCUT2D eigenvalue weighted by Crippen LogP contribution is 2.38. The summed E-state index contributed by atoms with van der Waals surface area (Å²) < 4.78 is 10.6. The van der Waals surface area contributed by atoms with Crippen molar-refractivity contribution in [1.29, 1.82) is 0 Å². The molecule has 2 aliphatic rings. The number of aliphatic hydroxyl groups excluding tert-OH is 4. The lowest BCUT2D eigenvalue weighted by molar-refractivity contribution is -0.369. The molecule has 0 unspecified atom stereocenters. The van der Waals surface area contributed by atoms with E-state index >= 15 is 0 Å². The molecule has 0 aromatic heterocycles. The predicted molar refractivity (Wildman–Crippen MR) is 82.6 cm³/mol. The number of hydrogen-bond acceptors (Lipinski definition) is 8. The van der Waals surface area contributed by atoms with Gasteiger partial charge in [-0.15, -0.1) is 0 Å². The van der Waals surface area contributed by atoms with Crippen molar-refractivity contribution in [3.63, 3.8) is 0 Å². The van der Waals surface area contributed by atoms with E-state index in [-0.39, 0.29) is 6.42 Å². The van der Waals surface area contributed by atoms with Crippen molar-refractivity contribution in [2.45, 2.75) is 43.0 Å². The molecule has 4 N–H and O–H groups in total. The molecule has 1 fully saturated rings. The monoisotopic (exact) mass is 339 g/mol. The highest BCUT2D eigenvalue weighted by Gasteiger charge is 2.56. The Morgan fingerprint density at radius 2 is 1.92 bits per heavy atom. The summed E-state index contributed by atoms with van der Waals surface area (Å²) >= 11 is 0. The number of oxime groups is 1. The van der Waals surface area contributed by atoms with E-state index in [9.17, 15) is 20.4 Å². The van der Waals surface area contributed by atoms with E-state index in [2.05, 4.69) is 5.16 Å². The smallest absolute Gasteiger partial charge is 0.266 e. The van der Waals surface area contributed by atoms with E-state index in [0.29, 0.717) is 12.1 Å². The largest absolute Gasteiger partial charge is 0.497 e. The summed E-state index contributed by atoms with van der Waals surface area (Å²) in [4.78, 5) is 5.40. The lowest BCUT2D eigenvalue weighted by atomic mass is 9.88. The average Bonchev–Trinajstić information content (AvgIpc) is 2.64. The highest BCUT2D eigenvalue weighted by atomic mass is 16.8. The molecular weight excluding hydrogens is 318 g/mol. The molecule has 3 rings (SSSR count). The summed E-state index contributed by atoms with van der Waals surface area (Å²) in [5, 5.41) is 43.3. The van der Waals surface area contributed by atoms with Crippen LogP contribution in [0.3, 0.4) is 0 Å². The molecule has 132 valence electrons. The Labute approximate surface area is 138 Å². The zero-order chi connectivity index (χ0) is 17.3. The first-order chi connectivity index (χ1) is 11.5. The fourth-order valence-corrected chi connectivity index (χ4v) is 2.99. The van der Waals surface area contributed by atoms with Gasteiger partial charge in [0.1, 0.15) is 30.2 Å². The van der Waals surface area contributed by atoms with E-state index in [1.165, 1.54) is 0 Å². The lowest BCUT2D eigenvalue weighted by Gasteiger charge is -2.47. The van der Waals surface area contributed by atoms with Gasteiger partial charge in [0.15, 0.2) is 0 Å². The minimum atomic E-state index is -1.58. The van der Waals surface area contributed by atoms with Crippen LogP contribution in [0.4, 0.5) is 0 Å². The maximum absolute atomic E-state index is 10.2. The minimum absolute atomic E-state index is 0.222. The van der Waals surface area contributed by atoms with Gasteiger partial charge in [0.2, 0.25) is 0 Å². The van der Waals surface area contributed by atoms with E-state index in [1.807, 2.05) is 12.1 Å². The molecule has 0 aliphatic carbocycles. The Bertz CT molecular complexity index is 603. The van der Waals surface area contributed by atoms with Gasteiger partial charge in [-0.05, 0) is 29.8 Å². The summed E-state index contributed by atoms with van der Waals surface area (Å²) in [5.74, 6) is -0.858. The third-order valence-electron chi connectivity index (χ3n) is 4.48. The first-order valence-corrected chi connectivity index (χ1v) is 7.73. The number of methoxy groups -OCH3 is 1. The van der Waals surface area contributed by atoms with Crippen LogP contribution >= 0.6 is 0 Å². The second-order valence-corrected chi connectivity index (χ2v) is 5.93. The number of rotatable bonds is 3. The Morgan fingerprint density at radius 3 is 2.46 bits per heavy atom. The van der Waals surface area contributed by atoms with Crippen molar-refractivity contribution < 1.29 is 34.7 Å². The van der Waals surface area contributed by atoms with Gasteiger partial charge in [-0.3, -0.25) is 0 Å². The van der Waals surface area contributed by atoms with Crippen molar-refractivity contribution in [3.05, 3.63) is 29.8 Å². The summed E-state index contributed by atoms with van der Waals surface area (Å²) in [7, 11) is 1.58. The summed E-state index contributed by atoms with van der Waals surface area (Å²) in [6.07, 6.45) is -4.76. The normalized spacial score (nSPS) is 36.1. The molecule has 5 atom stereocenters. The summed E-state index contributed by atoms with van der Waals surface area (Å²) in [5.41, 5.74) is 1.51. The molecule has 1 spiro atoms. The lowest BCUT2D eigenvalue weighted by Crippen LogP contribution is -2.66. The first kappa shape index (κ1) is 17.1. The number of nitrogens with zero attached hydrogens (tertiary/aromatic N) is 1. The van der Waals surface area contributed by atoms with Gasteiger partial charge in [-0.1, -0.05) is 5.16 Å². The van der Waals surface area contributed by atoms with Gasteiger partial charge in [0.25, 0.3) is 5.79 Å². The Hall–Kier alpha value is -1.71. The molecule has 0 radical (unpaired) electrons. The van der Waals surface area contributed by atoms with Crippen LogP contribution in [0, 0.1) is 0 Å². The summed E-state index contributed by atoms with van der Waals surface area (Å²) in [6.45, 7) is -0.509. The fraction of sp³-hybridized carbons (Fsp3) is 0.562. The maximum Gasteiger partial charge on any atom is 0.266 e. The quantitative estimate of drug-likeness (QED) is 0.579. The van der Waals surface area contributed by atoms with Crippen molar-refractivity contribution >= 4 is 5.71 Å². The highest BCUT2D eigenvalue weighted by molar-refractivity contribution is 6.00. The fourth-order valence-electron chi connectivity index (χ4n) is 2.99. The molecular formula is C16H21NO7. The van der Waals surface area contributed by atoms with Crippen molar-refractivity contribution in [2.75, 3.05) is 13.7 Å². The average molecular weight is 339 g/mol. The van der Waals surface area contributed by atoms with Gasteiger partial charge in [-0.25, -0.2) is 0 Å². The Balaban J connectivity index is 1.79. The molecule has 2 heterocycles. The molecule has 8 heteroatoms. The minimum Gasteiger partial charge on any atom is -0.497 e. The second-order valence-electron chi connectivity index (χ2n) is 5.93. The van der Waals surface area contributed by atoms with Gasteiger partial charge < -0.3 is 34.7 Å². The number of hydrogen-bond donors (Lipinski definition) is 4. The standard InChI is InChI=1S/C16H21NO7/c1-22-10-4-2-9(3-5-10)11-6-7-16(24-17-11)15(21)14(20)13(19)12(8-18)23-16/h2-5,12-15,18-21H,6-8H2,1H3/t12-,13-,14+,15-,16-/m1/s1. The van der Waals surface area contributed by atoms with Crippen LogP contribution in [-0.2, 0) is 9.57 Å². The van der Waals surface area contributed by atoms with Crippen LogP contribution in [0.25, 0.3) is 0 Å². The predicted octanol–water partition coefficient (Wildman–Crippen LogP) is -0.620. The van der Waals surface area contributed by atoms with Crippen molar-refractivity contribution in [1.82, 2.24) is 0 Å². The molecule has 0 amide bonds. The SMILES string of the molecule is COc1ccc(C2=NO[C@@]3(CC2)O[C@H](CO)[C@@H](O)[C@H](O)[C@H]3O)cc1.